The minimum Gasteiger partial charge on any atom is -0.457 e. The predicted molar refractivity (Wildman–Crippen MR) is 70.3 cm³/mol. The predicted octanol–water partition coefficient (Wildman–Crippen LogP) is 4.09. The van der Waals surface area contributed by atoms with Crippen LogP contribution in [-0.4, -0.2) is 0 Å². The Hall–Kier alpha value is -1.61. The van der Waals surface area contributed by atoms with Crippen molar-refractivity contribution in [2.75, 3.05) is 0 Å². The van der Waals surface area contributed by atoms with Crippen LogP contribution >= 0.6 is 22.6 Å². The summed E-state index contributed by atoms with van der Waals surface area (Å²) in [5.74, 6) is 0.458. The van der Waals surface area contributed by atoms with Gasteiger partial charge in [-0.05, 0) is 52.9 Å². The third kappa shape index (κ3) is 3.17. The standard InChI is InChI=1S/C13H7FINO/c14-10-4-9(8-16)5-13(6-10)17-12-3-1-2-11(15)7-12/h1-7H. The molecule has 0 spiro atoms. The van der Waals surface area contributed by atoms with Crippen molar-refractivity contribution in [1.29, 1.82) is 5.26 Å². The van der Waals surface area contributed by atoms with Gasteiger partial charge in [0.05, 0.1) is 11.6 Å². The van der Waals surface area contributed by atoms with Gasteiger partial charge in [0.25, 0.3) is 0 Å². The lowest BCUT2D eigenvalue weighted by Gasteiger charge is -2.06. The van der Waals surface area contributed by atoms with Gasteiger partial charge in [0.1, 0.15) is 17.3 Å². The van der Waals surface area contributed by atoms with Crippen LogP contribution in [0.5, 0.6) is 11.5 Å². The summed E-state index contributed by atoms with van der Waals surface area (Å²) in [6.07, 6.45) is 0. The first-order valence-corrected chi connectivity index (χ1v) is 5.89. The van der Waals surface area contributed by atoms with E-state index in [-0.39, 0.29) is 5.56 Å². The smallest absolute Gasteiger partial charge is 0.131 e. The molecule has 0 amide bonds. The van der Waals surface area contributed by atoms with E-state index in [1.165, 1.54) is 18.2 Å². The molecule has 0 aliphatic rings. The summed E-state index contributed by atoms with van der Waals surface area (Å²) < 4.78 is 19.7. The van der Waals surface area contributed by atoms with Crippen molar-refractivity contribution in [3.8, 4) is 17.6 Å². The molecule has 0 atom stereocenters. The molecule has 0 radical (unpaired) electrons. The number of nitriles is 1. The van der Waals surface area contributed by atoms with E-state index in [1.54, 1.807) is 6.07 Å². The Labute approximate surface area is 112 Å². The van der Waals surface area contributed by atoms with Gasteiger partial charge >= 0.3 is 0 Å². The van der Waals surface area contributed by atoms with Gasteiger partial charge in [0.2, 0.25) is 0 Å². The number of ether oxygens (including phenoxy) is 1. The average molecular weight is 339 g/mol. The van der Waals surface area contributed by atoms with Crippen molar-refractivity contribution in [2.45, 2.75) is 0 Å². The zero-order valence-corrected chi connectivity index (χ0v) is 10.8. The van der Waals surface area contributed by atoms with Gasteiger partial charge < -0.3 is 4.74 Å². The molecular formula is C13H7FINO. The van der Waals surface area contributed by atoms with Gasteiger partial charge in [0, 0.05) is 9.64 Å². The average Bonchev–Trinajstić information content (AvgIpc) is 2.28. The fourth-order valence-electron chi connectivity index (χ4n) is 1.35. The molecule has 0 aromatic heterocycles. The Bertz CT molecular complexity index is 592. The zero-order valence-electron chi connectivity index (χ0n) is 8.65. The summed E-state index contributed by atoms with van der Waals surface area (Å²) in [5.41, 5.74) is 0.241. The van der Waals surface area contributed by atoms with E-state index in [4.69, 9.17) is 10.00 Å². The van der Waals surface area contributed by atoms with Crippen LogP contribution in [0.3, 0.4) is 0 Å². The van der Waals surface area contributed by atoms with Crippen LogP contribution in [0.1, 0.15) is 5.56 Å². The first kappa shape index (κ1) is 11.9. The molecule has 0 heterocycles. The molecule has 2 nitrogen and oxygen atoms in total. The van der Waals surface area contributed by atoms with E-state index in [0.29, 0.717) is 11.5 Å². The van der Waals surface area contributed by atoms with Crippen LogP contribution in [0.2, 0.25) is 0 Å². The molecule has 4 heteroatoms. The van der Waals surface area contributed by atoms with Gasteiger partial charge in [-0.1, -0.05) is 6.07 Å². The largest absolute Gasteiger partial charge is 0.457 e. The maximum atomic E-state index is 13.2. The van der Waals surface area contributed by atoms with Gasteiger partial charge in [0.15, 0.2) is 0 Å². The SMILES string of the molecule is N#Cc1cc(F)cc(Oc2cccc(I)c2)c1. The molecular weight excluding hydrogens is 332 g/mol. The van der Waals surface area contributed by atoms with Crippen molar-refractivity contribution in [3.63, 3.8) is 0 Å². The highest BCUT2D eigenvalue weighted by molar-refractivity contribution is 14.1. The number of hydrogen-bond donors (Lipinski definition) is 0. The van der Waals surface area contributed by atoms with Gasteiger partial charge in [-0.3, -0.25) is 0 Å². The molecule has 2 aromatic rings. The Morgan fingerprint density at radius 1 is 1.12 bits per heavy atom. The summed E-state index contributed by atoms with van der Waals surface area (Å²) >= 11 is 2.16. The maximum Gasteiger partial charge on any atom is 0.131 e. The van der Waals surface area contributed by atoms with Crippen LogP contribution in [0.25, 0.3) is 0 Å². The summed E-state index contributed by atoms with van der Waals surface area (Å²) in [6.45, 7) is 0. The summed E-state index contributed by atoms with van der Waals surface area (Å²) in [7, 11) is 0. The zero-order chi connectivity index (χ0) is 12.3. The molecule has 0 aliphatic heterocycles. The van der Waals surface area contributed by atoms with Crippen molar-refractivity contribution in [1.82, 2.24) is 0 Å². The fourth-order valence-corrected chi connectivity index (χ4v) is 1.87. The molecule has 0 fully saturated rings. The summed E-state index contributed by atoms with van der Waals surface area (Å²) in [4.78, 5) is 0. The fraction of sp³-hybridized carbons (Fsp3) is 0. The number of hydrogen-bond acceptors (Lipinski definition) is 2. The van der Waals surface area contributed by atoms with Crippen molar-refractivity contribution < 1.29 is 9.13 Å². The quantitative estimate of drug-likeness (QED) is 0.772. The number of rotatable bonds is 2. The lowest BCUT2D eigenvalue weighted by Crippen LogP contribution is -1.87. The second-order valence-electron chi connectivity index (χ2n) is 3.35. The lowest BCUT2D eigenvalue weighted by molar-refractivity contribution is 0.476. The monoisotopic (exact) mass is 339 g/mol. The van der Waals surface area contributed by atoms with E-state index in [2.05, 4.69) is 22.6 Å². The Balaban J connectivity index is 2.30. The van der Waals surface area contributed by atoms with E-state index < -0.39 is 5.82 Å². The van der Waals surface area contributed by atoms with Crippen LogP contribution in [0.4, 0.5) is 4.39 Å². The van der Waals surface area contributed by atoms with Gasteiger partial charge in [-0.25, -0.2) is 4.39 Å². The normalized spacial score (nSPS) is 9.71. The van der Waals surface area contributed by atoms with Crippen molar-refractivity contribution >= 4 is 22.6 Å². The molecule has 84 valence electrons. The molecule has 2 rings (SSSR count). The Kier molecular flexibility index (Phi) is 3.59. The van der Waals surface area contributed by atoms with Gasteiger partial charge in [-0.2, -0.15) is 5.26 Å². The maximum absolute atomic E-state index is 13.2. The van der Waals surface area contributed by atoms with E-state index in [9.17, 15) is 4.39 Å². The van der Waals surface area contributed by atoms with E-state index in [0.717, 1.165) is 3.57 Å². The lowest BCUT2D eigenvalue weighted by atomic mass is 10.2. The third-order valence-electron chi connectivity index (χ3n) is 2.03. The molecule has 0 saturated heterocycles. The van der Waals surface area contributed by atoms with Crippen molar-refractivity contribution in [2.24, 2.45) is 0 Å². The van der Waals surface area contributed by atoms with Crippen molar-refractivity contribution in [3.05, 3.63) is 57.4 Å². The van der Waals surface area contributed by atoms with Crippen LogP contribution < -0.4 is 4.74 Å². The summed E-state index contributed by atoms with van der Waals surface area (Å²) in [5, 5.41) is 8.72. The first-order chi connectivity index (χ1) is 8.17. The number of nitrogens with zero attached hydrogens (tertiary/aromatic N) is 1. The highest BCUT2D eigenvalue weighted by Crippen LogP contribution is 2.24. The Morgan fingerprint density at radius 2 is 1.94 bits per heavy atom. The molecule has 0 N–H and O–H groups in total. The van der Waals surface area contributed by atoms with Gasteiger partial charge in [-0.15, -0.1) is 0 Å². The van der Waals surface area contributed by atoms with E-state index >= 15 is 0 Å². The minimum absolute atomic E-state index is 0.241. The second-order valence-corrected chi connectivity index (χ2v) is 4.59. The van der Waals surface area contributed by atoms with Crippen LogP contribution in [-0.2, 0) is 0 Å². The number of benzene rings is 2. The summed E-state index contributed by atoms with van der Waals surface area (Å²) in [6, 6.07) is 13.2. The number of halogens is 2. The molecule has 0 aliphatic carbocycles. The molecule has 0 bridgehead atoms. The first-order valence-electron chi connectivity index (χ1n) is 4.81. The molecule has 0 saturated carbocycles. The van der Waals surface area contributed by atoms with Crippen LogP contribution in [0, 0.1) is 20.7 Å². The molecule has 17 heavy (non-hydrogen) atoms. The highest BCUT2D eigenvalue weighted by Gasteiger charge is 2.03. The second kappa shape index (κ2) is 5.15. The minimum atomic E-state index is -0.482. The third-order valence-corrected chi connectivity index (χ3v) is 2.70. The molecule has 0 unspecified atom stereocenters. The van der Waals surface area contributed by atoms with E-state index in [1.807, 2.05) is 24.3 Å². The topological polar surface area (TPSA) is 33.0 Å². The molecule has 2 aromatic carbocycles. The highest BCUT2D eigenvalue weighted by atomic mass is 127. The Morgan fingerprint density at radius 3 is 2.65 bits per heavy atom. The van der Waals surface area contributed by atoms with Crippen LogP contribution in [0.15, 0.2) is 42.5 Å².